The van der Waals surface area contributed by atoms with Crippen molar-refractivity contribution in [1.29, 1.82) is 0 Å². The Balaban J connectivity index is 1.62. The van der Waals surface area contributed by atoms with Gasteiger partial charge in [0.2, 0.25) is 17.7 Å². The summed E-state index contributed by atoms with van der Waals surface area (Å²) in [5, 5.41) is 3.04. The van der Waals surface area contributed by atoms with Crippen LogP contribution in [0.15, 0.2) is 18.2 Å². The van der Waals surface area contributed by atoms with Crippen molar-refractivity contribution in [2.24, 2.45) is 16.7 Å². The number of nitrogens with zero attached hydrogens (tertiary/aromatic N) is 1. The maximum atomic E-state index is 13.1. The van der Waals surface area contributed by atoms with Crippen LogP contribution in [0.2, 0.25) is 0 Å². The van der Waals surface area contributed by atoms with Crippen LogP contribution < -0.4 is 5.32 Å². The Bertz CT molecular complexity index is 843. The fourth-order valence-corrected chi connectivity index (χ4v) is 5.06. The molecule has 158 valence electrons. The average Bonchev–Trinajstić information content (AvgIpc) is 2.83. The zero-order valence-corrected chi connectivity index (χ0v) is 18.6. The Kier molecular flexibility index (Phi) is 5.63. The van der Waals surface area contributed by atoms with Gasteiger partial charge in [-0.2, -0.15) is 0 Å². The number of rotatable bonds is 6. The van der Waals surface area contributed by atoms with Crippen molar-refractivity contribution in [3.8, 4) is 0 Å². The van der Waals surface area contributed by atoms with Crippen LogP contribution in [0.5, 0.6) is 0 Å². The minimum Gasteiger partial charge on any atom is -0.326 e. The van der Waals surface area contributed by atoms with Crippen LogP contribution in [0, 0.1) is 23.7 Å². The van der Waals surface area contributed by atoms with E-state index >= 15 is 0 Å². The number of nitrogens with one attached hydrogen (secondary N) is 1. The Labute approximate surface area is 174 Å². The lowest BCUT2D eigenvalue weighted by Crippen LogP contribution is -2.59. The van der Waals surface area contributed by atoms with E-state index in [2.05, 4.69) is 19.2 Å². The number of amides is 3. The van der Waals surface area contributed by atoms with E-state index in [1.54, 1.807) is 0 Å². The Hall–Kier alpha value is -2.17. The number of carbonyl (C=O) groups is 3. The molecule has 0 radical (unpaired) electrons. The fourth-order valence-electron chi connectivity index (χ4n) is 5.06. The highest BCUT2D eigenvalue weighted by Gasteiger charge is 2.64. The summed E-state index contributed by atoms with van der Waals surface area (Å²) >= 11 is 0. The lowest BCUT2D eigenvalue weighted by molar-refractivity contribution is -0.168. The number of imide groups is 1. The summed E-state index contributed by atoms with van der Waals surface area (Å²) in [5.41, 5.74) is 2.25. The van der Waals surface area contributed by atoms with Gasteiger partial charge in [-0.1, -0.05) is 52.8 Å². The number of fused-ring (bicyclic) bond motifs is 2. The number of benzene rings is 1. The van der Waals surface area contributed by atoms with E-state index in [0.29, 0.717) is 18.9 Å². The number of hydrogen-bond donors (Lipinski definition) is 1. The third-order valence-corrected chi connectivity index (χ3v) is 7.48. The largest absolute Gasteiger partial charge is 0.326 e. The Morgan fingerprint density at radius 2 is 1.93 bits per heavy atom. The van der Waals surface area contributed by atoms with Crippen LogP contribution in [0.25, 0.3) is 0 Å². The second kappa shape index (κ2) is 7.58. The lowest BCUT2D eigenvalue weighted by atomic mass is 9.62. The van der Waals surface area contributed by atoms with E-state index in [0.717, 1.165) is 29.7 Å². The van der Waals surface area contributed by atoms with Gasteiger partial charge in [0, 0.05) is 24.6 Å². The fraction of sp³-hybridized carbons (Fsp3) is 0.625. The van der Waals surface area contributed by atoms with Gasteiger partial charge in [0.25, 0.3) is 0 Å². The summed E-state index contributed by atoms with van der Waals surface area (Å²) in [4.78, 5) is 39.9. The minimum absolute atomic E-state index is 0.0589. The molecule has 1 heterocycles. The van der Waals surface area contributed by atoms with Crippen LogP contribution in [0.4, 0.5) is 5.69 Å². The van der Waals surface area contributed by atoms with E-state index in [1.165, 1.54) is 4.90 Å². The number of aryl methyl sites for hydroxylation is 1. The highest BCUT2D eigenvalue weighted by Crippen LogP contribution is 2.60. The third kappa shape index (κ3) is 3.49. The molecule has 3 rings (SSSR count). The van der Waals surface area contributed by atoms with Gasteiger partial charge in [-0.15, -0.1) is 0 Å². The van der Waals surface area contributed by atoms with Gasteiger partial charge in [-0.05, 0) is 48.6 Å². The summed E-state index contributed by atoms with van der Waals surface area (Å²) in [7, 11) is 0. The molecule has 1 aromatic carbocycles. The zero-order valence-electron chi connectivity index (χ0n) is 18.6. The smallest absolute Gasteiger partial charge is 0.235 e. The van der Waals surface area contributed by atoms with Crippen LogP contribution in [0.3, 0.4) is 0 Å². The predicted octanol–water partition coefficient (Wildman–Crippen LogP) is 4.65. The molecule has 1 saturated heterocycles. The molecule has 5 nitrogen and oxygen atoms in total. The molecule has 0 spiro atoms. The molecule has 1 saturated carbocycles. The monoisotopic (exact) mass is 398 g/mol. The first-order valence-corrected chi connectivity index (χ1v) is 10.8. The molecule has 1 aromatic rings. The van der Waals surface area contributed by atoms with Crippen molar-refractivity contribution in [2.45, 2.75) is 73.1 Å². The van der Waals surface area contributed by atoms with Crippen molar-refractivity contribution in [3.63, 3.8) is 0 Å². The molecular formula is C24H34N2O3. The van der Waals surface area contributed by atoms with Crippen LogP contribution in [-0.2, 0) is 14.4 Å². The SMILES string of the molecule is Cc1cccc(C(C)C)c1NC(=O)CCCN1C(=O)C2CCC(C)(C1=O)C2(C)C. The Morgan fingerprint density at radius 1 is 1.24 bits per heavy atom. The van der Waals surface area contributed by atoms with Gasteiger partial charge in [0.05, 0.1) is 5.41 Å². The molecule has 2 atom stereocenters. The molecule has 1 aliphatic carbocycles. The standard InChI is InChI=1S/C24H34N2O3/c1-15(2)17-10-7-9-16(3)20(17)25-19(27)11-8-14-26-21(28)18-12-13-24(6,22(26)29)23(18,4)5/h7,9-10,15,18H,8,11-14H2,1-6H3,(H,25,27). The van der Waals surface area contributed by atoms with Gasteiger partial charge in [-0.3, -0.25) is 19.3 Å². The zero-order chi connectivity index (χ0) is 21.6. The molecule has 3 amide bonds. The molecule has 29 heavy (non-hydrogen) atoms. The number of piperidine rings is 1. The first-order chi connectivity index (χ1) is 13.5. The molecular weight excluding hydrogens is 364 g/mol. The number of anilines is 1. The summed E-state index contributed by atoms with van der Waals surface area (Å²) < 4.78 is 0. The second-order valence-electron chi connectivity index (χ2n) is 9.79. The summed E-state index contributed by atoms with van der Waals surface area (Å²) in [6.07, 6.45) is 2.30. The predicted molar refractivity (Wildman–Crippen MR) is 114 cm³/mol. The molecule has 2 fully saturated rings. The number of carbonyl (C=O) groups excluding carboxylic acids is 3. The first-order valence-electron chi connectivity index (χ1n) is 10.8. The minimum atomic E-state index is -0.485. The summed E-state index contributed by atoms with van der Waals surface area (Å²) in [6, 6.07) is 6.03. The van der Waals surface area contributed by atoms with Crippen molar-refractivity contribution in [2.75, 3.05) is 11.9 Å². The normalized spacial score (nSPS) is 25.6. The van der Waals surface area contributed by atoms with Crippen molar-refractivity contribution in [3.05, 3.63) is 29.3 Å². The average molecular weight is 399 g/mol. The Morgan fingerprint density at radius 3 is 2.59 bits per heavy atom. The van der Waals surface area contributed by atoms with Gasteiger partial charge in [0.1, 0.15) is 0 Å². The van der Waals surface area contributed by atoms with Gasteiger partial charge in [0.15, 0.2) is 0 Å². The number of hydrogen-bond acceptors (Lipinski definition) is 3. The molecule has 1 N–H and O–H groups in total. The third-order valence-electron chi connectivity index (χ3n) is 7.48. The summed E-state index contributed by atoms with van der Waals surface area (Å²) in [5.74, 6) is 0.0135. The highest BCUT2D eigenvalue weighted by molar-refractivity contribution is 6.03. The second-order valence-corrected chi connectivity index (χ2v) is 9.79. The van der Waals surface area contributed by atoms with Crippen molar-refractivity contribution >= 4 is 23.4 Å². The van der Waals surface area contributed by atoms with E-state index in [1.807, 2.05) is 45.9 Å². The van der Waals surface area contributed by atoms with E-state index in [9.17, 15) is 14.4 Å². The van der Waals surface area contributed by atoms with Crippen molar-refractivity contribution < 1.29 is 14.4 Å². The molecule has 1 aliphatic heterocycles. The molecule has 0 aromatic heterocycles. The highest BCUT2D eigenvalue weighted by atomic mass is 16.2. The van der Waals surface area contributed by atoms with E-state index in [-0.39, 0.29) is 35.5 Å². The molecule has 5 heteroatoms. The lowest BCUT2D eigenvalue weighted by Gasteiger charge is -2.47. The maximum absolute atomic E-state index is 13.1. The summed E-state index contributed by atoms with van der Waals surface area (Å²) in [6.45, 7) is 12.6. The molecule has 2 bridgehead atoms. The van der Waals surface area contributed by atoms with Crippen LogP contribution >= 0.6 is 0 Å². The van der Waals surface area contributed by atoms with Gasteiger partial charge >= 0.3 is 0 Å². The van der Waals surface area contributed by atoms with Gasteiger partial charge in [-0.25, -0.2) is 0 Å². The van der Waals surface area contributed by atoms with Gasteiger partial charge < -0.3 is 5.32 Å². The van der Waals surface area contributed by atoms with Crippen LogP contribution in [0.1, 0.15) is 77.3 Å². The van der Waals surface area contributed by atoms with Crippen LogP contribution in [-0.4, -0.2) is 29.2 Å². The quantitative estimate of drug-likeness (QED) is 0.710. The maximum Gasteiger partial charge on any atom is 0.235 e. The molecule has 2 aliphatic rings. The number of likely N-dealkylation sites (tertiary alicyclic amines) is 1. The van der Waals surface area contributed by atoms with E-state index < -0.39 is 5.41 Å². The first kappa shape index (κ1) is 21.5. The number of para-hydroxylation sites is 1. The molecule has 2 unspecified atom stereocenters. The van der Waals surface area contributed by atoms with Crippen molar-refractivity contribution in [1.82, 2.24) is 4.90 Å². The van der Waals surface area contributed by atoms with E-state index in [4.69, 9.17) is 0 Å². The topological polar surface area (TPSA) is 66.5 Å².